The Labute approximate surface area is 68.7 Å². The Balaban J connectivity index is 3.43. The molecule has 2 heteroatoms. The molecule has 0 heterocycles. The number of hydrogen-bond acceptors (Lipinski definition) is 1. The third kappa shape index (κ3) is 6.12. The standard InChI is InChI=1S/C8H16ClN/c1-7(2)5-10(4)6-8(3)9/h7H,3,5-6H2,1-2,4H3. The second kappa shape index (κ2) is 4.75. The third-order valence-electron chi connectivity index (χ3n) is 1.12. The van der Waals surface area contributed by atoms with Crippen LogP contribution in [0.3, 0.4) is 0 Å². The lowest BCUT2D eigenvalue weighted by Crippen LogP contribution is -2.24. The molecule has 60 valence electrons. The first-order valence-electron chi connectivity index (χ1n) is 3.54. The molecule has 10 heavy (non-hydrogen) atoms. The maximum absolute atomic E-state index is 5.62. The van der Waals surface area contributed by atoms with Gasteiger partial charge in [-0.05, 0) is 13.0 Å². The summed E-state index contributed by atoms with van der Waals surface area (Å²) in [5.41, 5.74) is 0. The molecular formula is C8H16ClN. The Morgan fingerprint density at radius 3 is 2.40 bits per heavy atom. The van der Waals surface area contributed by atoms with E-state index >= 15 is 0 Å². The molecule has 0 N–H and O–H groups in total. The van der Waals surface area contributed by atoms with E-state index in [2.05, 4.69) is 25.3 Å². The van der Waals surface area contributed by atoms with E-state index in [0.29, 0.717) is 11.0 Å². The van der Waals surface area contributed by atoms with Gasteiger partial charge in [0.2, 0.25) is 0 Å². The molecule has 0 aromatic heterocycles. The SMILES string of the molecule is C=C(Cl)CN(C)CC(C)C. The monoisotopic (exact) mass is 161 g/mol. The van der Waals surface area contributed by atoms with Gasteiger partial charge in [-0.3, -0.25) is 0 Å². The van der Waals surface area contributed by atoms with Crippen molar-refractivity contribution >= 4 is 11.6 Å². The van der Waals surface area contributed by atoms with E-state index in [1.54, 1.807) is 0 Å². The van der Waals surface area contributed by atoms with Crippen LogP contribution in [0.15, 0.2) is 11.6 Å². The van der Waals surface area contributed by atoms with Gasteiger partial charge in [0.25, 0.3) is 0 Å². The fourth-order valence-corrected chi connectivity index (χ4v) is 1.18. The summed E-state index contributed by atoms with van der Waals surface area (Å²) in [6, 6.07) is 0. The van der Waals surface area contributed by atoms with Crippen LogP contribution in [0.1, 0.15) is 13.8 Å². The summed E-state index contributed by atoms with van der Waals surface area (Å²) in [6.07, 6.45) is 0. The summed E-state index contributed by atoms with van der Waals surface area (Å²) >= 11 is 5.62. The topological polar surface area (TPSA) is 3.24 Å². The van der Waals surface area contributed by atoms with Crippen LogP contribution < -0.4 is 0 Å². The lowest BCUT2D eigenvalue weighted by molar-refractivity contribution is 0.322. The molecule has 0 bridgehead atoms. The number of nitrogens with zero attached hydrogens (tertiary/aromatic N) is 1. The van der Waals surface area contributed by atoms with E-state index in [0.717, 1.165) is 13.1 Å². The lowest BCUT2D eigenvalue weighted by Gasteiger charge is -2.17. The van der Waals surface area contributed by atoms with Crippen molar-refractivity contribution in [2.75, 3.05) is 20.1 Å². The summed E-state index contributed by atoms with van der Waals surface area (Å²) in [4.78, 5) is 2.17. The predicted octanol–water partition coefficient (Wildman–Crippen LogP) is 2.33. The molecule has 0 saturated carbocycles. The van der Waals surface area contributed by atoms with E-state index in [9.17, 15) is 0 Å². The van der Waals surface area contributed by atoms with Crippen LogP contribution >= 0.6 is 11.6 Å². The van der Waals surface area contributed by atoms with E-state index in [1.807, 2.05) is 7.05 Å². The first kappa shape index (κ1) is 9.99. The van der Waals surface area contributed by atoms with Gasteiger partial charge >= 0.3 is 0 Å². The Bertz CT molecular complexity index is 110. The van der Waals surface area contributed by atoms with E-state index < -0.39 is 0 Å². The van der Waals surface area contributed by atoms with E-state index in [1.165, 1.54) is 0 Å². The quantitative estimate of drug-likeness (QED) is 0.612. The van der Waals surface area contributed by atoms with Crippen molar-refractivity contribution < 1.29 is 0 Å². The summed E-state index contributed by atoms with van der Waals surface area (Å²) in [6.45, 7) is 9.87. The average Bonchev–Trinajstić information content (AvgIpc) is 1.58. The average molecular weight is 162 g/mol. The second-order valence-electron chi connectivity index (χ2n) is 3.11. The zero-order chi connectivity index (χ0) is 8.15. The van der Waals surface area contributed by atoms with Crippen LogP contribution in [0, 0.1) is 5.92 Å². The van der Waals surface area contributed by atoms with Crippen molar-refractivity contribution in [3.63, 3.8) is 0 Å². The molecule has 0 aliphatic carbocycles. The molecule has 0 fully saturated rings. The molecule has 0 atom stereocenters. The second-order valence-corrected chi connectivity index (χ2v) is 3.64. The van der Waals surface area contributed by atoms with Crippen molar-refractivity contribution in [3.8, 4) is 0 Å². The smallest absolute Gasteiger partial charge is 0.0332 e. The molecular weight excluding hydrogens is 146 g/mol. The summed E-state index contributed by atoms with van der Waals surface area (Å²) in [7, 11) is 2.05. The molecule has 0 spiro atoms. The molecule has 0 amide bonds. The number of halogens is 1. The fraction of sp³-hybridized carbons (Fsp3) is 0.750. The zero-order valence-corrected chi connectivity index (χ0v) is 7.78. The largest absolute Gasteiger partial charge is 0.301 e. The van der Waals surface area contributed by atoms with Crippen LogP contribution in [0.2, 0.25) is 0 Å². The molecule has 1 nitrogen and oxygen atoms in total. The van der Waals surface area contributed by atoms with Gasteiger partial charge in [-0.15, -0.1) is 0 Å². The molecule has 0 aromatic rings. The summed E-state index contributed by atoms with van der Waals surface area (Å²) in [5, 5.41) is 0.711. The van der Waals surface area contributed by atoms with Crippen molar-refractivity contribution in [3.05, 3.63) is 11.6 Å². The van der Waals surface area contributed by atoms with E-state index in [4.69, 9.17) is 11.6 Å². The van der Waals surface area contributed by atoms with Gasteiger partial charge in [0, 0.05) is 18.1 Å². The number of hydrogen-bond donors (Lipinski definition) is 0. The third-order valence-corrected chi connectivity index (χ3v) is 1.24. The van der Waals surface area contributed by atoms with Crippen molar-refractivity contribution in [1.29, 1.82) is 0 Å². The van der Waals surface area contributed by atoms with Crippen LogP contribution in [-0.4, -0.2) is 25.0 Å². The molecule has 0 aromatic carbocycles. The highest BCUT2D eigenvalue weighted by atomic mass is 35.5. The van der Waals surface area contributed by atoms with Gasteiger partial charge in [0.1, 0.15) is 0 Å². The molecule has 0 saturated heterocycles. The van der Waals surface area contributed by atoms with Crippen molar-refractivity contribution in [2.45, 2.75) is 13.8 Å². The Morgan fingerprint density at radius 2 is 2.10 bits per heavy atom. The van der Waals surface area contributed by atoms with Crippen molar-refractivity contribution in [1.82, 2.24) is 4.90 Å². The van der Waals surface area contributed by atoms with Crippen LogP contribution in [0.4, 0.5) is 0 Å². The minimum atomic E-state index is 0.695. The highest BCUT2D eigenvalue weighted by Crippen LogP contribution is 2.01. The minimum Gasteiger partial charge on any atom is -0.301 e. The molecule has 0 aliphatic rings. The summed E-state index contributed by atoms with van der Waals surface area (Å²) in [5.74, 6) is 0.695. The Hall–Kier alpha value is -0.0100. The first-order valence-corrected chi connectivity index (χ1v) is 3.92. The van der Waals surface area contributed by atoms with Gasteiger partial charge in [-0.2, -0.15) is 0 Å². The van der Waals surface area contributed by atoms with Gasteiger partial charge in [-0.1, -0.05) is 32.0 Å². The highest BCUT2D eigenvalue weighted by molar-refractivity contribution is 6.29. The maximum Gasteiger partial charge on any atom is 0.0332 e. The molecule has 0 rings (SSSR count). The molecule has 0 unspecified atom stereocenters. The Kier molecular flexibility index (Phi) is 4.75. The van der Waals surface area contributed by atoms with E-state index in [-0.39, 0.29) is 0 Å². The minimum absolute atomic E-state index is 0.695. The Morgan fingerprint density at radius 1 is 1.60 bits per heavy atom. The van der Waals surface area contributed by atoms with Crippen LogP contribution in [0.5, 0.6) is 0 Å². The molecule has 0 radical (unpaired) electrons. The predicted molar refractivity (Wildman–Crippen MR) is 47.3 cm³/mol. The van der Waals surface area contributed by atoms with Gasteiger partial charge < -0.3 is 4.90 Å². The van der Waals surface area contributed by atoms with Crippen LogP contribution in [-0.2, 0) is 0 Å². The number of rotatable bonds is 4. The zero-order valence-electron chi connectivity index (χ0n) is 7.02. The van der Waals surface area contributed by atoms with Gasteiger partial charge in [0.15, 0.2) is 0 Å². The summed E-state index contributed by atoms with van der Waals surface area (Å²) < 4.78 is 0. The van der Waals surface area contributed by atoms with Crippen molar-refractivity contribution in [2.24, 2.45) is 5.92 Å². The normalized spacial score (nSPS) is 11.0. The fourth-order valence-electron chi connectivity index (χ4n) is 0.981. The number of likely N-dealkylation sites (N-methyl/N-ethyl adjacent to an activating group) is 1. The lowest BCUT2D eigenvalue weighted by atomic mass is 10.2. The first-order chi connectivity index (χ1) is 4.52. The molecule has 0 aliphatic heterocycles. The highest BCUT2D eigenvalue weighted by Gasteiger charge is 2.00. The van der Waals surface area contributed by atoms with Gasteiger partial charge in [0.05, 0.1) is 0 Å². The maximum atomic E-state index is 5.62. The van der Waals surface area contributed by atoms with Crippen LogP contribution in [0.25, 0.3) is 0 Å². The van der Waals surface area contributed by atoms with Gasteiger partial charge in [-0.25, -0.2) is 0 Å².